The molecule has 1 N–H and O–H groups in total. The van der Waals surface area contributed by atoms with Gasteiger partial charge in [0.1, 0.15) is 0 Å². The summed E-state index contributed by atoms with van der Waals surface area (Å²) in [5.74, 6) is 0. The molecule has 0 fully saturated rings. The molecule has 0 atom stereocenters. The largest absolute Gasteiger partial charge is 0.317 e. The van der Waals surface area contributed by atoms with Crippen molar-refractivity contribution in [2.45, 2.75) is 46.0 Å². The van der Waals surface area contributed by atoms with Crippen molar-refractivity contribution in [2.75, 3.05) is 32.7 Å². The maximum Gasteiger partial charge on any atom is 0.0160 e. The van der Waals surface area contributed by atoms with Crippen LogP contribution in [-0.2, 0) is 0 Å². The summed E-state index contributed by atoms with van der Waals surface area (Å²) in [6.45, 7) is 14.0. The average molecular weight is 226 g/mol. The van der Waals surface area contributed by atoms with Gasteiger partial charge in [0.05, 0.1) is 0 Å². The number of hydrogen-bond donors (Lipinski definition) is 1. The van der Waals surface area contributed by atoms with Crippen LogP contribution >= 0.6 is 0 Å². The molecule has 0 aromatic rings. The highest BCUT2D eigenvalue weighted by atomic mass is 15.1. The molecular formula is C14H30N2. The molecule has 0 unspecified atom stereocenters. The molecule has 2 heteroatoms. The Hall–Kier alpha value is -0.340. The number of unbranched alkanes of at least 4 members (excludes halogenated alkanes) is 3. The SMILES string of the molecule is C=CCN(CCC)CCCCCCNCC. The van der Waals surface area contributed by atoms with Gasteiger partial charge in [-0.25, -0.2) is 0 Å². The van der Waals surface area contributed by atoms with E-state index in [1.165, 1.54) is 51.7 Å². The molecule has 0 bridgehead atoms. The lowest BCUT2D eigenvalue weighted by atomic mass is 10.2. The van der Waals surface area contributed by atoms with E-state index in [1.807, 2.05) is 6.08 Å². The van der Waals surface area contributed by atoms with E-state index in [1.54, 1.807) is 0 Å². The first-order chi connectivity index (χ1) is 7.85. The second kappa shape index (κ2) is 12.7. The number of nitrogens with one attached hydrogen (secondary N) is 1. The summed E-state index contributed by atoms with van der Waals surface area (Å²) < 4.78 is 0. The maximum atomic E-state index is 3.81. The lowest BCUT2D eigenvalue weighted by molar-refractivity contribution is 0.294. The van der Waals surface area contributed by atoms with E-state index in [4.69, 9.17) is 0 Å². The van der Waals surface area contributed by atoms with Crippen molar-refractivity contribution in [2.24, 2.45) is 0 Å². The molecule has 16 heavy (non-hydrogen) atoms. The minimum atomic E-state index is 1.05. The molecule has 0 spiro atoms. The van der Waals surface area contributed by atoms with Crippen LogP contribution in [0.5, 0.6) is 0 Å². The van der Waals surface area contributed by atoms with Crippen LogP contribution in [-0.4, -0.2) is 37.6 Å². The van der Waals surface area contributed by atoms with Crippen LogP contribution in [0, 0.1) is 0 Å². The first-order valence-corrected chi connectivity index (χ1v) is 6.89. The normalized spacial score (nSPS) is 10.9. The molecule has 2 nitrogen and oxygen atoms in total. The average Bonchev–Trinajstić information content (AvgIpc) is 2.28. The van der Waals surface area contributed by atoms with Crippen molar-refractivity contribution >= 4 is 0 Å². The van der Waals surface area contributed by atoms with Crippen molar-refractivity contribution in [3.63, 3.8) is 0 Å². The van der Waals surface area contributed by atoms with Crippen LogP contribution in [0.4, 0.5) is 0 Å². The predicted octanol–water partition coefficient (Wildman–Crippen LogP) is 3.05. The minimum absolute atomic E-state index is 1.05. The molecule has 96 valence electrons. The molecule has 0 aliphatic carbocycles. The Morgan fingerprint density at radius 2 is 1.81 bits per heavy atom. The fraction of sp³-hybridized carbons (Fsp3) is 0.857. The van der Waals surface area contributed by atoms with Gasteiger partial charge in [0.25, 0.3) is 0 Å². The number of hydrogen-bond acceptors (Lipinski definition) is 2. The third-order valence-corrected chi connectivity index (χ3v) is 2.76. The molecule has 0 aromatic heterocycles. The highest BCUT2D eigenvalue weighted by Gasteiger charge is 2.00. The van der Waals surface area contributed by atoms with Gasteiger partial charge in [0.2, 0.25) is 0 Å². The number of rotatable bonds is 12. The van der Waals surface area contributed by atoms with Gasteiger partial charge in [0.15, 0.2) is 0 Å². The predicted molar refractivity (Wildman–Crippen MR) is 73.9 cm³/mol. The summed E-state index contributed by atoms with van der Waals surface area (Å²) >= 11 is 0. The van der Waals surface area contributed by atoms with E-state index < -0.39 is 0 Å². The summed E-state index contributed by atoms with van der Waals surface area (Å²) in [5, 5.41) is 3.36. The maximum absolute atomic E-state index is 3.81. The molecular weight excluding hydrogens is 196 g/mol. The zero-order valence-corrected chi connectivity index (χ0v) is 11.3. The third-order valence-electron chi connectivity index (χ3n) is 2.76. The van der Waals surface area contributed by atoms with Crippen molar-refractivity contribution in [3.8, 4) is 0 Å². The van der Waals surface area contributed by atoms with Crippen molar-refractivity contribution < 1.29 is 0 Å². The Balaban J connectivity index is 3.29. The van der Waals surface area contributed by atoms with Crippen LogP contribution in [0.3, 0.4) is 0 Å². The second-order valence-electron chi connectivity index (χ2n) is 4.36. The summed E-state index contributed by atoms with van der Waals surface area (Å²) in [5.41, 5.74) is 0. The van der Waals surface area contributed by atoms with Crippen LogP contribution in [0.2, 0.25) is 0 Å². The van der Waals surface area contributed by atoms with Gasteiger partial charge in [-0.2, -0.15) is 0 Å². The zero-order valence-electron chi connectivity index (χ0n) is 11.3. The second-order valence-corrected chi connectivity index (χ2v) is 4.36. The summed E-state index contributed by atoms with van der Waals surface area (Å²) in [7, 11) is 0. The molecule has 0 aliphatic rings. The van der Waals surface area contributed by atoms with Gasteiger partial charge < -0.3 is 5.32 Å². The smallest absolute Gasteiger partial charge is 0.0160 e. The topological polar surface area (TPSA) is 15.3 Å². The Morgan fingerprint density at radius 1 is 1.06 bits per heavy atom. The minimum Gasteiger partial charge on any atom is -0.317 e. The molecule has 0 heterocycles. The first-order valence-electron chi connectivity index (χ1n) is 6.89. The first kappa shape index (κ1) is 15.7. The van der Waals surface area contributed by atoms with Crippen LogP contribution < -0.4 is 5.32 Å². The Bertz CT molecular complexity index is 146. The molecule has 0 radical (unpaired) electrons. The summed E-state index contributed by atoms with van der Waals surface area (Å²) in [6.07, 6.45) is 8.64. The molecule has 0 rings (SSSR count). The Labute approximate surface area is 102 Å². The van der Waals surface area contributed by atoms with E-state index in [-0.39, 0.29) is 0 Å². The lowest BCUT2D eigenvalue weighted by Gasteiger charge is -2.19. The van der Waals surface area contributed by atoms with Crippen molar-refractivity contribution in [3.05, 3.63) is 12.7 Å². The molecule has 0 aliphatic heterocycles. The van der Waals surface area contributed by atoms with Gasteiger partial charge >= 0.3 is 0 Å². The monoisotopic (exact) mass is 226 g/mol. The highest BCUT2D eigenvalue weighted by Crippen LogP contribution is 2.02. The summed E-state index contributed by atoms with van der Waals surface area (Å²) in [6, 6.07) is 0. The van der Waals surface area contributed by atoms with Gasteiger partial charge in [-0.3, -0.25) is 4.90 Å². The number of nitrogens with zero attached hydrogens (tertiary/aromatic N) is 1. The highest BCUT2D eigenvalue weighted by molar-refractivity contribution is 4.73. The van der Waals surface area contributed by atoms with Crippen LogP contribution in [0.1, 0.15) is 46.0 Å². The fourth-order valence-electron chi connectivity index (χ4n) is 1.91. The van der Waals surface area contributed by atoms with E-state index in [2.05, 4.69) is 30.6 Å². The Kier molecular flexibility index (Phi) is 12.5. The fourth-order valence-corrected chi connectivity index (χ4v) is 1.91. The standard InChI is InChI=1S/C14H30N2/c1-4-12-16(13-5-2)14-10-8-7-9-11-15-6-3/h4,15H,1,5-14H2,2-3H3. The zero-order chi connectivity index (χ0) is 12.1. The van der Waals surface area contributed by atoms with Gasteiger partial charge in [-0.15, -0.1) is 6.58 Å². The summed E-state index contributed by atoms with van der Waals surface area (Å²) in [4.78, 5) is 2.50. The Morgan fingerprint density at radius 3 is 2.44 bits per heavy atom. The molecule has 0 saturated heterocycles. The molecule has 0 amide bonds. The van der Waals surface area contributed by atoms with Crippen LogP contribution in [0.15, 0.2) is 12.7 Å². The van der Waals surface area contributed by atoms with E-state index >= 15 is 0 Å². The third kappa shape index (κ3) is 10.2. The molecule has 0 saturated carbocycles. The van der Waals surface area contributed by atoms with Gasteiger partial charge in [-0.05, 0) is 45.4 Å². The van der Waals surface area contributed by atoms with Crippen LogP contribution in [0.25, 0.3) is 0 Å². The lowest BCUT2D eigenvalue weighted by Crippen LogP contribution is -2.25. The van der Waals surface area contributed by atoms with Crippen molar-refractivity contribution in [1.29, 1.82) is 0 Å². The quantitative estimate of drug-likeness (QED) is 0.406. The van der Waals surface area contributed by atoms with Gasteiger partial charge in [-0.1, -0.05) is 32.8 Å². The molecule has 0 aromatic carbocycles. The van der Waals surface area contributed by atoms with E-state index in [9.17, 15) is 0 Å². The van der Waals surface area contributed by atoms with E-state index in [0.29, 0.717) is 0 Å². The van der Waals surface area contributed by atoms with Crippen molar-refractivity contribution in [1.82, 2.24) is 10.2 Å². The van der Waals surface area contributed by atoms with E-state index in [0.717, 1.165) is 13.1 Å². The van der Waals surface area contributed by atoms with Gasteiger partial charge in [0, 0.05) is 6.54 Å².